The fourth-order valence-corrected chi connectivity index (χ4v) is 9.15. The van der Waals surface area contributed by atoms with Crippen molar-refractivity contribution in [1.82, 2.24) is 15.0 Å². The number of hydrogen-bond donors (Lipinski definition) is 0. The first-order valence-corrected chi connectivity index (χ1v) is 19.1. The molecule has 0 unspecified atom stereocenters. The lowest BCUT2D eigenvalue weighted by atomic mass is 9.84. The summed E-state index contributed by atoms with van der Waals surface area (Å²) in [5.41, 5.74) is 5.37. The van der Waals surface area contributed by atoms with Gasteiger partial charge in [-0.2, -0.15) is 0 Å². The van der Waals surface area contributed by atoms with Gasteiger partial charge in [0.15, 0.2) is 17.5 Å². The predicted octanol–water partition coefficient (Wildman–Crippen LogP) is 14.0. The van der Waals surface area contributed by atoms with Crippen molar-refractivity contribution in [1.29, 1.82) is 0 Å². The number of hydrogen-bond acceptors (Lipinski definition) is 3. The van der Waals surface area contributed by atoms with E-state index in [1.807, 2.05) is 36.4 Å². The summed E-state index contributed by atoms with van der Waals surface area (Å²) >= 11 is 0. The maximum atomic E-state index is 5.13. The van der Waals surface area contributed by atoms with Gasteiger partial charge in [0.05, 0.1) is 0 Å². The first-order valence-electron chi connectivity index (χ1n) is 19.1. The second-order valence-corrected chi connectivity index (χ2v) is 14.7. The van der Waals surface area contributed by atoms with Crippen LogP contribution >= 0.6 is 0 Å². The standard InChI is InChI=1S/C53H31N3/c1-3-13-34(14-4-1)51-54-52(35-15-5-2-6-16-35)56-53(55-51)45-30-26-33-24-28-43-40(27-23-32-25-29-44(45)49(33)48(32)43)46-31-47-38-19-8-7-17-36(38)37-18-9-11-21-41(37)50(47)42-22-12-10-20-39(42)46/h1-31H. The van der Waals surface area contributed by atoms with Gasteiger partial charge in [0.2, 0.25) is 0 Å². The van der Waals surface area contributed by atoms with E-state index in [9.17, 15) is 0 Å². The summed E-state index contributed by atoms with van der Waals surface area (Å²) in [5, 5.41) is 17.5. The molecule has 0 aliphatic heterocycles. The van der Waals surface area contributed by atoms with Crippen molar-refractivity contribution in [2.24, 2.45) is 0 Å². The number of benzene rings is 11. The Morgan fingerprint density at radius 3 is 1.23 bits per heavy atom. The van der Waals surface area contributed by atoms with Crippen molar-refractivity contribution < 1.29 is 0 Å². The monoisotopic (exact) mass is 709 g/mol. The highest BCUT2D eigenvalue weighted by Crippen LogP contribution is 2.46. The molecular weight excluding hydrogens is 679 g/mol. The minimum absolute atomic E-state index is 0.658. The third-order valence-corrected chi connectivity index (χ3v) is 11.6. The largest absolute Gasteiger partial charge is 0.208 e. The number of aromatic nitrogens is 3. The molecule has 0 atom stereocenters. The molecule has 11 aromatic carbocycles. The molecule has 0 fully saturated rings. The second kappa shape index (κ2) is 12.0. The Balaban J connectivity index is 1.14. The minimum atomic E-state index is 0.658. The average Bonchev–Trinajstić information content (AvgIpc) is 3.28. The number of fused-ring (bicyclic) bond motifs is 8. The first kappa shape index (κ1) is 30.9. The van der Waals surface area contributed by atoms with Crippen LogP contribution in [0.2, 0.25) is 0 Å². The third-order valence-electron chi connectivity index (χ3n) is 11.6. The highest BCUT2D eigenvalue weighted by Gasteiger charge is 2.20. The van der Waals surface area contributed by atoms with Crippen LogP contribution in [-0.4, -0.2) is 15.0 Å². The Labute approximate surface area is 322 Å². The summed E-state index contributed by atoms with van der Waals surface area (Å²) in [5.74, 6) is 1.98. The van der Waals surface area contributed by atoms with Crippen LogP contribution in [0.25, 0.3) is 121 Å². The quantitative estimate of drug-likeness (QED) is 0.171. The molecule has 0 N–H and O–H groups in total. The molecule has 0 radical (unpaired) electrons. The molecule has 1 heterocycles. The number of nitrogens with zero attached hydrogens (tertiary/aromatic N) is 3. The van der Waals surface area contributed by atoms with Crippen molar-refractivity contribution in [2.45, 2.75) is 0 Å². The fourth-order valence-electron chi connectivity index (χ4n) is 9.15. The molecule has 0 saturated carbocycles. The van der Waals surface area contributed by atoms with Crippen LogP contribution < -0.4 is 0 Å². The van der Waals surface area contributed by atoms with Crippen LogP contribution in [0.4, 0.5) is 0 Å². The van der Waals surface area contributed by atoms with Gasteiger partial charge in [0, 0.05) is 16.7 Å². The molecule has 12 aromatic rings. The van der Waals surface area contributed by atoms with Crippen LogP contribution in [-0.2, 0) is 0 Å². The summed E-state index contributed by atoms with van der Waals surface area (Å²) in [7, 11) is 0. The van der Waals surface area contributed by atoms with Gasteiger partial charge in [-0.05, 0) is 98.7 Å². The van der Waals surface area contributed by atoms with Crippen molar-refractivity contribution >= 4 is 75.4 Å². The lowest BCUT2D eigenvalue weighted by molar-refractivity contribution is 1.08. The zero-order valence-corrected chi connectivity index (χ0v) is 30.2. The highest BCUT2D eigenvalue weighted by atomic mass is 15.0. The normalized spacial score (nSPS) is 11.9. The second-order valence-electron chi connectivity index (χ2n) is 14.7. The Morgan fingerprint density at radius 1 is 0.232 bits per heavy atom. The minimum Gasteiger partial charge on any atom is -0.208 e. The topological polar surface area (TPSA) is 38.7 Å². The molecule has 3 nitrogen and oxygen atoms in total. The van der Waals surface area contributed by atoms with Crippen LogP contribution in [0.3, 0.4) is 0 Å². The van der Waals surface area contributed by atoms with E-state index in [1.165, 1.54) is 81.1 Å². The lowest BCUT2D eigenvalue weighted by Crippen LogP contribution is -2.00. The van der Waals surface area contributed by atoms with Gasteiger partial charge in [-0.3, -0.25) is 0 Å². The van der Waals surface area contributed by atoms with E-state index >= 15 is 0 Å². The maximum absolute atomic E-state index is 5.13. The molecule has 56 heavy (non-hydrogen) atoms. The Hall–Kier alpha value is -7.49. The SMILES string of the molecule is c1ccc(-c2nc(-c3ccccc3)nc(-c3ccc4ccc5c(-c6cc7c8ccccc8c8ccccc8c7c7ccccc67)ccc6ccc3c4c65)n2)cc1. The van der Waals surface area contributed by atoms with Crippen molar-refractivity contribution in [2.75, 3.05) is 0 Å². The molecule has 0 amide bonds. The van der Waals surface area contributed by atoms with E-state index in [0.717, 1.165) is 22.1 Å². The van der Waals surface area contributed by atoms with Gasteiger partial charge in [-0.25, -0.2) is 15.0 Å². The van der Waals surface area contributed by atoms with E-state index in [-0.39, 0.29) is 0 Å². The summed E-state index contributed by atoms with van der Waals surface area (Å²) in [6.45, 7) is 0. The molecule has 258 valence electrons. The van der Waals surface area contributed by atoms with E-state index in [1.54, 1.807) is 0 Å². The third kappa shape index (κ3) is 4.55. The summed E-state index contributed by atoms with van der Waals surface area (Å²) in [6.07, 6.45) is 0. The first-order chi connectivity index (χ1) is 27.8. The van der Waals surface area contributed by atoms with Crippen molar-refractivity contribution in [3.63, 3.8) is 0 Å². The van der Waals surface area contributed by atoms with Gasteiger partial charge in [0.25, 0.3) is 0 Å². The van der Waals surface area contributed by atoms with E-state index in [0.29, 0.717) is 17.5 Å². The lowest BCUT2D eigenvalue weighted by Gasteiger charge is -2.19. The molecule has 0 aliphatic rings. The van der Waals surface area contributed by atoms with Crippen molar-refractivity contribution in [3.8, 4) is 45.3 Å². The molecule has 0 aliphatic carbocycles. The highest BCUT2D eigenvalue weighted by molar-refractivity contribution is 6.34. The van der Waals surface area contributed by atoms with Crippen LogP contribution in [0, 0.1) is 0 Å². The average molecular weight is 710 g/mol. The Kier molecular flexibility index (Phi) is 6.63. The van der Waals surface area contributed by atoms with Crippen molar-refractivity contribution in [3.05, 3.63) is 188 Å². The van der Waals surface area contributed by atoms with Crippen LogP contribution in [0.5, 0.6) is 0 Å². The Bertz CT molecular complexity index is 3460. The van der Waals surface area contributed by atoms with Gasteiger partial charge >= 0.3 is 0 Å². The maximum Gasteiger partial charge on any atom is 0.164 e. The predicted molar refractivity (Wildman–Crippen MR) is 235 cm³/mol. The molecule has 1 aromatic heterocycles. The Morgan fingerprint density at radius 2 is 0.643 bits per heavy atom. The van der Waals surface area contributed by atoms with Gasteiger partial charge in [-0.1, -0.05) is 176 Å². The van der Waals surface area contributed by atoms with Gasteiger partial charge in [-0.15, -0.1) is 0 Å². The zero-order chi connectivity index (χ0) is 36.7. The van der Waals surface area contributed by atoms with Gasteiger partial charge < -0.3 is 0 Å². The van der Waals surface area contributed by atoms with E-state index in [4.69, 9.17) is 15.0 Å². The van der Waals surface area contributed by atoms with Crippen LogP contribution in [0.15, 0.2) is 188 Å². The van der Waals surface area contributed by atoms with Crippen LogP contribution in [0.1, 0.15) is 0 Å². The molecular formula is C53H31N3. The summed E-state index contributed by atoms with van der Waals surface area (Å²) in [6, 6.07) is 67.6. The molecule has 12 rings (SSSR count). The molecule has 0 spiro atoms. The summed E-state index contributed by atoms with van der Waals surface area (Å²) < 4.78 is 0. The van der Waals surface area contributed by atoms with Gasteiger partial charge in [0.1, 0.15) is 0 Å². The van der Waals surface area contributed by atoms with E-state index in [2.05, 4.69) is 152 Å². The number of rotatable bonds is 4. The van der Waals surface area contributed by atoms with E-state index < -0.39 is 0 Å². The zero-order valence-electron chi connectivity index (χ0n) is 30.2. The summed E-state index contributed by atoms with van der Waals surface area (Å²) in [4.78, 5) is 15.2. The smallest absolute Gasteiger partial charge is 0.164 e. The molecule has 3 heteroatoms. The molecule has 0 bridgehead atoms. The fraction of sp³-hybridized carbons (Fsp3) is 0. The molecule has 0 saturated heterocycles.